The highest BCUT2D eigenvalue weighted by molar-refractivity contribution is 6.02. The lowest BCUT2D eigenvalue weighted by Gasteiger charge is -2.45. The number of aliphatic carboxylic acids is 1. The smallest absolute Gasteiger partial charge is 0.304 e. The summed E-state index contributed by atoms with van der Waals surface area (Å²) in [5, 5.41) is 9.81. The number of hydrogen-bond acceptors (Lipinski definition) is 5. The van der Waals surface area contributed by atoms with E-state index in [1.165, 1.54) is 57.8 Å². The number of carboxylic acid groups (broad SMARTS) is 1. The number of allylic oxidation sites excluding steroid dienone is 2. The number of Topliss-reactive ketones (excluding diaryl/α,β-unsaturated/α-hetero) is 2. The van der Waals surface area contributed by atoms with E-state index in [1.807, 2.05) is 40.0 Å². The minimum atomic E-state index is -0.922. The molecule has 3 heterocycles. The third-order valence-corrected chi connectivity index (χ3v) is 10.5. The topological polar surface area (TPSA) is 121 Å². The minimum absolute atomic E-state index is 0.108. The number of ether oxygens (including phenoxy) is 2. The van der Waals surface area contributed by atoms with Crippen LogP contribution in [0.1, 0.15) is 189 Å². The lowest BCUT2D eigenvalue weighted by atomic mass is 9.79. The van der Waals surface area contributed by atoms with Gasteiger partial charge in [0.2, 0.25) is 0 Å². The Hall–Kier alpha value is -2.97. The normalized spacial score (nSPS) is 17.9. The van der Waals surface area contributed by atoms with E-state index in [2.05, 4.69) is 29.0 Å². The number of H-pyrrole nitrogens is 2. The quantitative estimate of drug-likeness (QED) is 0.0536. The molecule has 0 aliphatic carbocycles. The van der Waals surface area contributed by atoms with Gasteiger partial charge in [0.15, 0.2) is 17.4 Å². The molecular weight excluding hydrogens is 640 g/mol. The van der Waals surface area contributed by atoms with Crippen LogP contribution < -0.4 is 0 Å². The summed E-state index contributed by atoms with van der Waals surface area (Å²) in [6, 6.07) is 3.61. The van der Waals surface area contributed by atoms with Crippen LogP contribution in [0.3, 0.4) is 0 Å². The zero-order chi connectivity index (χ0) is 37.5. The molecule has 8 heteroatoms. The molecule has 0 saturated carbocycles. The number of hydrogen-bond donors (Lipinski definition) is 3. The molecule has 1 saturated heterocycles. The summed E-state index contributed by atoms with van der Waals surface area (Å²) < 4.78 is 11.9. The summed E-state index contributed by atoms with van der Waals surface area (Å²) in [4.78, 5) is 46.1. The Bertz CT molecular complexity index is 1400. The lowest BCUT2D eigenvalue weighted by Crippen LogP contribution is -2.53. The van der Waals surface area contributed by atoms with Crippen molar-refractivity contribution in [2.24, 2.45) is 10.8 Å². The number of carboxylic acids is 1. The van der Waals surface area contributed by atoms with Gasteiger partial charge in [0.1, 0.15) is 6.10 Å². The second-order valence-corrected chi connectivity index (χ2v) is 16.6. The maximum Gasteiger partial charge on any atom is 0.304 e. The minimum Gasteiger partial charge on any atom is -0.481 e. The van der Waals surface area contributed by atoms with Gasteiger partial charge in [-0.05, 0) is 77.3 Å². The van der Waals surface area contributed by atoms with Gasteiger partial charge in [-0.1, -0.05) is 98.1 Å². The molecule has 1 aliphatic heterocycles. The van der Waals surface area contributed by atoms with Crippen molar-refractivity contribution in [2.75, 3.05) is 6.61 Å². The third kappa shape index (κ3) is 13.5. The standard InChI is InChI=1S/C43H68N2O6/c1-8-9-10-11-12-13-14-15-16-17-18-19-20-21-27-41(2,3)39(49)33-25-28-44-35(33)24-22-23-32(30-36(46)47)37-34(26-29-45-37)38(48)40-42(4,5)31-50-43(6,7)51-40/h15-16,25-26,28-29,32,40,44-45H,8-14,17-24,27,30-31H2,1-7H3,(H,46,47). The Kier molecular flexibility index (Phi) is 16.9. The summed E-state index contributed by atoms with van der Waals surface area (Å²) in [6.45, 7) is 14.2. The first-order valence-electron chi connectivity index (χ1n) is 19.8. The first-order chi connectivity index (χ1) is 24.2. The van der Waals surface area contributed by atoms with Gasteiger partial charge >= 0.3 is 5.97 Å². The molecule has 1 aliphatic rings. The van der Waals surface area contributed by atoms with Gasteiger partial charge in [0.25, 0.3) is 0 Å². The van der Waals surface area contributed by atoms with Crippen molar-refractivity contribution in [1.82, 2.24) is 9.97 Å². The molecule has 8 nitrogen and oxygen atoms in total. The highest BCUT2D eigenvalue weighted by Crippen LogP contribution is 2.38. The number of unbranched alkanes of at least 4 members (excludes halogenated alkanes) is 10. The van der Waals surface area contributed by atoms with Crippen LogP contribution in [0.2, 0.25) is 0 Å². The number of aromatic amines is 2. The molecule has 1 fully saturated rings. The fraction of sp³-hybridized carbons (Fsp3) is 0.698. The molecule has 0 bridgehead atoms. The monoisotopic (exact) mass is 709 g/mol. The van der Waals surface area contributed by atoms with Crippen molar-refractivity contribution in [3.63, 3.8) is 0 Å². The molecule has 2 unspecified atom stereocenters. The third-order valence-electron chi connectivity index (χ3n) is 10.5. The van der Waals surface area contributed by atoms with Crippen molar-refractivity contribution >= 4 is 17.5 Å². The van der Waals surface area contributed by atoms with Crippen LogP contribution >= 0.6 is 0 Å². The lowest BCUT2D eigenvalue weighted by molar-refractivity contribution is -0.298. The Labute approximate surface area is 307 Å². The molecule has 51 heavy (non-hydrogen) atoms. The summed E-state index contributed by atoms with van der Waals surface area (Å²) >= 11 is 0. The van der Waals surface area contributed by atoms with E-state index in [0.29, 0.717) is 37.1 Å². The van der Waals surface area contributed by atoms with Crippen LogP contribution in [0.5, 0.6) is 0 Å². The fourth-order valence-corrected chi connectivity index (χ4v) is 7.24. The number of carbonyl (C=O) groups is 3. The molecule has 2 aromatic rings. The first kappa shape index (κ1) is 42.4. The van der Waals surface area contributed by atoms with E-state index >= 15 is 0 Å². The summed E-state index contributed by atoms with van der Waals surface area (Å²) in [6.07, 6.45) is 25.0. The number of rotatable bonds is 25. The average Bonchev–Trinajstić information content (AvgIpc) is 3.75. The van der Waals surface area contributed by atoms with E-state index in [4.69, 9.17) is 9.47 Å². The predicted molar refractivity (Wildman–Crippen MR) is 205 cm³/mol. The van der Waals surface area contributed by atoms with Crippen molar-refractivity contribution < 1.29 is 29.0 Å². The number of aryl methyl sites for hydroxylation is 1. The Morgan fingerprint density at radius 3 is 2.16 bits per heavy atom. The predicted octanol–water partition coefficient (Wildman–Crippen LogP) is 11.1. The Morgan fingerprint density at radius 2 is 1.49 bits per heavy atom. The van der Waals surface area contributed by atoms with Crippen molar-refractivity contribution in [3.05, 3.63) is 59.2 Å². The van der Waals surface area contributed by atoms with Gasteiger partial charge in [-0.3, -0.25) is 14.4 Å². The van der Waals surface area contributed by atoms with Crippen LogP contribution in [0.25, 0.3) is 0 Å². The van der Waals surface area contributed by atoms with Gasteiger partial charge in [-0.2, -0.15) is 0 Å². The van der Waals surface area contributed by atoms with Gasteiger partial charge < -0.3 is 24.5 Å². The molecule has 0 aromatic carbocycles. The van der Waals surface area contributed by atoms with E-state index in [1.54, 1.807) is 26.1 Å². The van der Waals surface area contributed by atoms with Crippen LogP contribution in [0.15, 0.2) is 36.7 Å². The van der Waals surface area contributed by atoms with E-state index in [9.17, 15) is 19.5 Å². The second-order valence-electron chi connectivity index (χ2n) is 16.6. The largest absolute Gasteiger partial charge is 0.481 e. The number of ketones is 2. The van der Waals surface area contributed by atoms with Gasteiger partial charge in [0.05, 0.1) is 13.0 Å². The van der Waals surface area contributed by atoms with Crippen molar-refractivity contribution in [1.29, 1.82) is 0 Å². The average molecular weight is 709 g/mol. The van der Waals surface area contributed by atoms with Crippen LogP contribution in [0, 0.1) is 10.8 Å². The molecule has 2 atom stereocenters. The zero-order valence-electron chi connectivity index (χ0n) is 32.8. The highest BCUT2D eigenvalue weighted by Gasteiger charge is 2.46. The molecular formula is C43H68N2O6. The molecule has 3 rings (SSSR count). The Morgan fingerprint density at radius 1 is 0.882 bits per heavy atom. The van der Waals surface area contributed by atoms with Crippen molar-refractivity contribution in [3.8, 4) is 0 Å². The number of carbonyl (C=O) groups excluding carboxylic acids is 2. The van der Waals surface area contributed by atoms with Crippen LogP contribution in [0.4, 0.5) is 0 Å². The molecule has 2 aromatic heterocycles. The summed E-state index contributed by atoms with van der Waals surface area (Å²) in [7, 11) is 0. The summed E-state index contributed by atoms with van der Waals surface area (Å²) in [5.41, 5.74) is 1.69. The number of nitrogens with one attached hydrogen (secondary N) is 2. The molecule has 3 N–H and O–H groups in total. The van der Waals surface area contributed by atoms with E-state index in [0.717, 1.165) is 36.9 Å². The highest BCUT2D eigenvalue weighted by atomic mass is 16.7. The molecule has 0 radical (unpaired) electrons. The Balaban J connectivity index is 1.49. The molecule has 0 amide bonds. The van der Waals surface area contributed by atoms with E-state index in [-0.39, 0.29) is 18.0 Å². The van der Waals surface area contributed by atoms with Crippen LogP contribution in [-0.2, 0) is 20.7 Å². The molecule has 0 spiro atoms. The first-order valence-corrected chi connectivity index (χ1v) is 19.8. The van der Waals surface area contributed by atoms with Crippen LogP contribution in [-0.4, -0.2) is 51.1 Å². The zero-order valence-corrected chi connectivity index (χ0v) is 32.8. The SMILES string of the molecule is CCCCCCCCC=CCCCCCCC(C)(C)C(=O)c1cc[nH]c1CCCC(CC(=O)O)c1[nH]ccc1C(=O)C1OC(C)(C)OCC1(C)C. The number of aromatic nitrogens is 2. The second kappa shape index (κ2) is 20.3. The van der Waals surface area contributed by atoms with Gasteiger partial charge in [-0.15, -0.1) is 0 Å². The maximum atomic E-state index is 13.9. The maximum absolute atomic E-state index is 13.9. The fourth-order valence-electron chi connectivity index (χ4n) is 7.24. The van der Waals surface area contributed by atoms with E-state index < -0.39 is 34.6 Å². The van der Waals surface area contributed by atoms with Gasteiger partial charge in [0, 0.05) is 51.7 Å². The van der Waals surface area contributed by atoms with Gasteiger partial charge in [-0.25, -0.2) is 0 Å². The summed E-state index contributed by atoms with van der Waals surface area (Å²) in [5.74, 6) is -2.23. The van der Waals surface area contributed by atoms with Crippen molar-refractivity contribution in [2.45, 2.75) is 175 Å². The molecule has 286 valence electrons.